The highest BCUT2D eigenvalue weighted by Crippen LogP contribution is 2.24. The monoisotopic (exact) mass is 272 g/mol. The molecule has 0 spiro atoms. The van der Waals surface area contributed by atoms with E-state index in [1.165, 1.54) is 6.07 Å². The van der Waals surface area contributed by atoms with Crippen LogP contribution in [-0.2, 0) is 6.61 Å². The van der Waals surface area contributed by atoms with Crippen LogP contribution in [0.1, 0.15) is 5.76 Å². The summed E-state index contributed by atoms with van der Waals surface area (Å²) in [6.45, 7) is 0.250. The molecule has 0 bridgehead atoms. The van der Waals surface area contributed by atoms with Crippen molar-refractivity contribution in [3.63, 3.8) is 0 Å². The first-order valence-corrected chi connectivity index (χ1v) is 6.20. The summed E-state index contributed by atoms with van der Waals surface area (Å²) in [4.78, 5) is 0. The van der Waals surface area contributed by atoms with Gasteiger partial charge in [-0.05, 0) is 42.5 Å². The standard InChI is InChI=1S/C16H13FO3/c1-18-11-5-7-12(8-6-11)19-10-13-9-14-15(17)3-2-4-16(14)20-13/h2-9H,10H2,1H3. The lowest BCUT2D eigenvalue weighted by Gasteiger charge is -2.05. The van der Waals surface area contributed by atoms with Gasteiger partial charge in [0.2, 0.25) is 0 Å². The molecule has 20 heavy (non-hydrogen) atoms. The van der Waals surface area contributed by atoms with Crippen molar-refractivity contribution >= 4 is 11.0 Å². The van der Waals surface area contributed by atoms with Crippen LogP contribution >= 0.6 is 0 Å². The predicted octanol–water partition coefficient (Wildman–Crippen LogP) is 4.16. The van der Waals surface area contributed by atoms with Gasteiger partial charge in [0.25, 0.3) is 0 Å². The van der Waals surface area contributed by atoms with Gasteiger partial charge >= 0.3 is 0 Å². The summed E-state index contributed by atoms with van der Waals surface area (Å²) < 4.78 is 29.7. The van der Waals surface area contributed by atoms with E-state index in [9.17, 15) is 4.39 Å². The molecule has 0 aliphatic rings. The molecule has 1 aromatic heterocycles. The molecule has 102 valence electrons. The van der Waals surface area contributed by atoms with Crippen molar-refractivity contribution in [1.82, 2.24) is 0 Å². The molecule has 0 aliphatic carbocycles. The number of hydrogen-bond donors (Lipinski definition) is 0. The van der Waals surface area contributed by atoms with E-state index in [-0.39, 0.29) is 12.4 Å². The summed E-state index contributed by atoms with van der Waals surface area (Å²) in [5.41, 5.74) is 0.526. The Labute approximate surface area is 115 Å². The van der Waals surface area contributed by atoms with Crippen LogP contribution in [0.15, 0.2) is 52.9 Å². The molecule has 0 saturated carbocycles. The molecular weight excluding hydrogens is 259 g/mol. The molecule has 0 atom stereocenters. The molecule has 0 saturated heterocycles. The second-order valence-electron chi connectivity index (χ2n) is 4.33. The molecule has 4 heteroatoms. The number of methoxy groups -OCH3 is 1. The molecule has 0 aliphatic heterocycles. The summed E-state index contributed by atoms with van der Waals surface area (Å²) in [5.74, 6) is 1.76. The third-order valence-electron chi connectivity index (χ3n) is 3.00. The Kier molecular flexibility index (Phi) is 3.29. The first kappa shape index (κ1) is 12.5. The van der Waals surface area contributed by atoms with Gasteiger partial charge in [-0.25, -0.2) is 4.39 Å². The van der Waals surface area contributed by atoms with Crippen molar-refractivity contribution in [3.8, 4) is 11.5 Å². The Morgan fingerprint density at radius 1 is 1.05 bits per heavy atom. The first-order chi connectivity index (χ1) is 9.76. The molecule has 0 N–H and O–H groups in total. The lowest BCUT2D eigenvalue weighted by molar-refractivity contribution is 0.274. The SMILES string of the molecule is COc1ccc(OCc2cc3c(F)cccc3o2)cc1. The van der Waals surface area contributed by atoms with Gasteiger partial charge in [0.1, 0.15) is 35.3 Å². The van der Waals surface area contributed by atoms with Gasteiger partial charge < -0.3 is 13.9 Å². The smallest absolute Gasteiger partial charge is 0.146 e. The Morgan fingerprint density at radius 2 is 1.80 bits per heavy atom. The predicted molar refractivity (Wildman–Crippen MR) is 73.5 cm³/mol. The number of fused-ring (bicyclic) bond motifs is 1. The number of furan rings is 1. The molecule has 1 heterocycles. The van der Waals surface area contributed by atoms with E-state index in [0.29, 0.717) is 22.5 Å². The molecule has 2 aromatic carbocycles. The van der Waals surface area contributed by atoms with Crippen molar-refractivity contribution in [2.45, 2.75) is 6.61 Å². The summed E-state index contributed by atoms with van der Waals surface area (Å²) in [7, 11) is 1.61. The summed E-state index contributed by atoms with van der Waals surface area (Å²) in [5, 5.41) is 0.473. The highest BCUT2D eigenvalue weighted by atomic mass is 19.1. The van der Waals surface area contributed by atoms with Crippen LogP contribution in [0.4, 0.5) is 4.39 Å². The number of halogens is 1. The summed E-state index contributed by atoms with van der Waals surface area (Å²) in [6, 6.07) is 13.7. The molecule has 0 amide bonds. The fourth-order valence-corrected chi connectivity index (χ4v) is 1.98. The molecule has 3 nitrogen and oxygen atoms in total. The largest absolute Gasteiger partial charge is 0.497 e. The first-order valence-electron chi connectivity index (χ1n) is 6.20. The van der Waals surface area contributed by atoms with Crippen molar-refractivity contribution < 1.29 is 18.3 Å². The minimum Gasteiger partial charge on any atom is -0.497 e. The zero-order chi connectivity index (χ0) is 13.9. The van der Waals surface area contributed by atoms with Gasteiger partial charge in [0, 0.05) is 0 Å². The van der Waals surface area contributed by atoms with Crippen molar-refractivity contribution in [1.29, 1.82) is 0 Å². The summed E-state index contributed by atoms with van der Waals surface area (Å²) in [6.07, 6.45) is 0. The van der Waals surface area contributed by atoms with Crippen LogP contribution in [0.25, 0.3) is 11.0 Å². The Bertz CT molecular complexity index is 716. The average molecular weight is 272 g/mol. The molecule has 3 aromatic rings. The van der Waals surface area contributed by atoms with Gasteiger partial charge in [-0.1, -0.05) is 6.07 Å². The van der Waals surface area contributed by atoms with E-state index in [4.69, 9.17) is 13.9 Å². The van der Waals surface area contributed by atoms with E-state index in [1.54, 1.807) is 25.3 Å². The fourth-order valence-electron chi connectivity index (χ4n) is 1.98. The van der Waals surface area contributed by atoms with Crippen molar-refractivity contribution in [2.75, 3.05) is 7.11 Å². The minimum atomic E-state index is -0.290. The van der Waals surface area contributed by atoms with Crippen LogP contribution in [0, 0.1) is 5.82 Å². The fraction of sp³-hybridized carbons (Fsp3) is 0.125. The van der Waals surface area contributed by atoms with Gasteiger partial charge in [0.05, 0.1) is 12.5 Å². The molecular formula is C16H13FO3. The maximum atomic E-state index is 13.5. The molecule has 0 radical (unpaired) electrons. The second-order valence-corrected chi connectivity index (χ2v) is 4.33. The van der Waals surface area contributed by atoms with Crippen LogP contribution < -0.4 is 9.47 Å². The van der Waals surface area contributed by atoms with E-state index in [1.807, 2.05) is 24.3 Å². The van der Waals surface area contributed by atoms with Crippen LogP contribution in [0.5, 0.6) is 11.5 Å². The van der Waals surface area contributed by atoms with Gasteiger partial charge in [-0.2, -0.15) is 0 Å². The molecule has 3 rings (SSSR count). The maximum Gasteiger partial charge on any atom is 0.146 e. The van der Waals surface area contributed by atoms with E-state index in [2.05, 4.69) is 0 Å². The van der Waals surface area contributed by atoms with Crippen LogP contribution in [-0.4, -0.2) is 7.11 Å². The maximum absolute atomic E-state index is 13.5. The zero-order valence-corrected chi connectivity index (χ0v) is 10.9. The Morgan fingerprint density at radius 3 is 2.50 bits per heavy atom. The topological polar surface area (TPSA) is 31.6 Å². The highest BCUT2D eigenvalue weighted by Gasteiger charge is 2.08. The molecule has 0 unspecified atom stereocenters. The zero-order valence-electron chi connectivity index (χ0n) is 10.9. The quantitative estimate of drug-likeness (QED) is 0.714. The minimum absolute atomic E-state index is 0.250. The van der Waals surface area contributed by atoms with Gasteiger partial charge in [0.15, 0.2) is 0 Å². The lowest BCUT2D eigenvalue weighted by Crippen LogP contribution is -1.93. The van der Waals surface area contributed by atoms with Crippen LogP contribution in [0.3, 0.4) is 0 Å². The van der Waals surface area contributed by atoms with Crippen molar-refractivity contribution in [3.05, 3.63) is 60.1 Å². The van der Waals surface area contributed by atoms with E-state index in [0.717, 1.165) is 5.75 Å². The van der Waals surface area contributed by atoms with Crippen molar-refractivity contribution in [2.24, 2.45) is 0 Å². The second kappa shape index (κ2) is 5.25. The normalized spacial score (nSPS) is 10.7. The summed E-state index contributed by atoms with van der Waals surface area (Å²) >= 11 is 0. The average Bonchev–Trinajstić information content (AvgIpc) is 2.90. The highest BCUT2D eigenvalue weighted by molar-refractivity contribution is 5.78. The Balaban J connectivity index is 1.74. The molecule has 0 fully saturated rings. The van der Waals surface area contributed by atoms with Gasteiger partial charge in [-0.15, -0.1) is 0 Å². The van der Waals surface area contributed by atoms with E-state index < -0.39 is 0 Å². The van der Waals surface area contributed by atoms with E-state index >= 15 is 0 Å². The lowest BCUT2D eigenvalue weighted by atomic mass is 10.2. The number of hydrogen-bond acceptors (Lipinski definition) is 3. The number of rotatable bonds is 4. The van der Waals surface area contributed by atoms with Gasteiger partial charge in [-0.3, -0.25) is 0 Å². The third-order valence-corrected chi connectivity index (χ3v) is 3.00. The van der Waals surface area contributed by atoms with Crippen LogP contribution in [0.2, 0.25) is 0 Å². The third kappa shape index (κ3) is 2.45. The number of ether oxygens (including phenoxy) is 2. The number of benzene rings is 2. The Hall–Kier alpha value is -2.49.